The van der Waals surface area contributed by atoms with Crippen molar-refractivity contribution in [2.24, 2.45) is 5.92 Å². The molecule has 212 valence electrons. The fourth-order valence-electron chi connectivity index (χ4n) is 4.87. The maximum absolute atomic E-state index is 13.1. The Kier molecular flexibility index (Phi) is 10.1. The molecule has 0 spiro atoms. The number of ether oxygens (including phenoxy) is 1. The standard InChI is InChI=1S/C26H41N5O7/c1-26(2,3)38-25(37)30-21(16-8-5-4-6-9-16)24(36)28-15-20(33)31-13-7-10-18(31)22(34)27-14-19(32)23(35)29-17-11-12-17/h16-18,21H,4-15H2,1-3H3,(H,27,34)(H,28,36)(H,29,35)(H,30,37). The van der Waals surface area contributed by atoms with Crippen molar-refractivity contribution in [2.45, 2.75) is 102 Å². The van der Waals surface area contributed by atoms with Crippen LogP contribution < -0.4 is 21.3 Å². The quantitative estimate of drug-likeness (QED) is 0.297. The van der Waals surface area contributed by atoms with Gasteiger partial charge in [0.15, 0.2) is 0 Å². The van der Waals surface area contributed by atoms with Crippen molar-refractivity contribution in [3.8, 4) is 0 Å². The topological polar surface area (TPSA) is 163 Å². The second-order valence-corrected chi connectivity index (χ2v) is 11.4. The second kappa shape index (κ2) is 13.1. The average Bonchev–Trinajstić information content (AvgIpc) is 3.54. The van der Waals surface area contributed by atoms with E-state index in [4.69, 9.17) is 4.74 Å². The van der Waals surface area contributed by atoms with Crippen molar-refractivity contribution < 1.29 is 33.5 Å². The van der Waals surface area contributed by atoms with Crippen LogP contribution in [-0.2, 0) is 28.7 Å². The third kappa shape index (κ3) is 8.98. The molecule has 2 saturated carbocycles. The second-order valence-electron chi connectivity index (χ2n) is 11.4. The van der Waals surface area contributed by atoms with Crippen LogP contribution in [0.5, 0.6) is 0 Å². The highest BCUT2D eigenvalue weighted by molar-refractivity contribution is 6.37. The molecule has 0 aromatic rings. The molecule has 3 fully saturated rings. The summed E-state index contributed by atoms with van der Waals surface area (Å²) in [6.07, 6.45) is 6.58. The van der Waals surface area contributed by atoms with E-state index in [2.05, 4.69) is 21.3 Å². The van der Waals surface area contributed by atoms with Gasteiger partial charge in [0.05, 0.1) is 13.1 Å². The monoisotopic (exact) mass is 535 g/mol. The normalized spacial score (nSPS) is 20.7. The van der Waals surface area contributed by atoms with Gasteiger partial charge in [-0.15, -0.1) is 0 Å². The SMILES string of the molecule is CC(C)(C)OC(=O)NC(C(=O)NCC(=O)N1CCCC1C(=O)NCC(=O)C(=O)NC1CC1)C1CCCCC1. The van der Waals surface area contributed by atoms with Gasteiger partial charge >= 0.3 is 6.09 Å². The Morgan fingerprint density at radius 3 is 2.18 bits per heavy atom. The van der Waals surface area contributed by atoms with Crippen molar-refractivity contribution in [3.63, 3.8) is 0 Å². The number of ketones is 1. The summed E-state index contributed by atoms with van der Waals surface area (Å²) in [6.45, 7) is 4.79. The van der Waals surface area contributed by atoms with Crippen LogP contribution in [0.1, 0.15) is 78.6 Å². The molecule has 0 aromatic carbocycles. The van der Waals surface area contributed by atoms with Gasteiger partial charge in [0.2, 0.25) is 23.5 Å². The van der Waals surface area contributed by atoms with Crippen LogP contribution >= 0.6 is 0 Å². The van der Waals surface area contributed by atoms with Crippen LogP contribution in [-0.4, -0.2) is 83.8 Å². The molecule has 2 atom stereocenters. The molecule has 3 aliphatic rings. The van der Waals surface area contributed by atoms with E-state index in [0.29, 0.717) is 19.4 Å². The molecule has 4 N–H and O–H groups in total. The zero-order chi connectivity index (χ0) is 27.9. The molecule has 12 nitrogen and oxygen atoms in total. The summed E-state index contributed by atoms with van der Waals surface area (Å²) in [6, 6.07) is -1.58. The van der Waals surface area contributed by atoms with Crippen LogP contribution in [0.4, 0.5) is 4.79 Å². The molecule has 2 unspecified atom stereocenters. The summed E-state index contributed by atoms with van der Waals surface area (Å²) in [5.41, 5.74) is -0.718. The first-order valence-electron chi connectivity index (χ1n) is 13.6. The first-order chi connectivity index (χ1) is 17.9. The minimum atomic E-state index is -0.830. The molecule has 38 heavy (non-hydrogen) atoms. The van der Waals surface area contributed by atoms with Gasteiger partial charge < -0.3 is 30.9 Å². The van der Waals surface area contributed by atoms with Gasteiger partial charge in [-0.3, -0.25) is 24.0 Å². The molecular formula is C26H41N5O7. The van der Waals surface area contributed by atoms with E-state index < -0.39 is 59.7 Å². The predicted molar refractivity (Wildman–Crippen MR) is 137 cm³/mol. The molecule has 0 aromatic heterocycles. The minimum Gasteiger partial charge on any atom is -0.444 e. The maximum Gasteiger partial charge on any atom is 0.408 e. The van der Waals surface area contributed by atoms with Gasteiger partial charge in [0.1, 0.15) is 17.7 Å². The fraction of sp³-hybridized carbons (Fsp3) is 0.769. The van der Waals surface area contributed by atoms with E-state index in [1.54, 1.807) is 20.8 Å². The van der Waals surface area contributed by atoms with Crippen LogP contribution in [0.2, 0.25) is 0 Å². The fourth-order valence-corrected chi connectivity index (χ4v) is 4.87. The van der Waals surface area contributed by atoms with Gasteiger partial charge in [-0.2, -0.15) is 0 Å². The number of likely N-dealkylation sites (tertiary alicyclic amines) is 1. The number of Topliss-reactive ketones (excluding diaryl/α,β-unsaturated/α-hetero) is 1. The Hall–Kier alpha value is -3.18. The first-order valence-corrected chi connectivity index (χ1v) is 13.6. The van der Waals surface area contributed by atoms with Crippen LogP contribution in [0.25, 0.3) is 0 Å². The lowest BCUT2D eigenvalue weighted by molar-refractivity contribution is -0.140. The average molecular weight is 536 g/mol. The molecule has 1 aliphatic heterocycles. The summed E-state index contributed by atoms with van der Waals surface area (Å²) < 4.78 is 5.33. The Morgan fingerprint density at radius 1 is 0.868 bits per heavy atom. The van der Waals surface area contributed by atoms with Crippen molar-refractivity contribution in [1.82, 2.24) is 26.2 Å². The zero-order valence-corrected chi connectivity index (χ0v) is 22.6. The number of amides is 5. The molecule has 1 saturated heterocycles. The smallest absolute Gasteiger partial charge is 0.408 e. The highest BCUT2D eigenvalue weighted by Gasteiger charge is 2.36. The third-order valence-electron chi connectivity index (χ3n) is 6.95. The Morgan fingerprint density at radius 2 is 1.55 bits per heavy atom. The summed E-state index contributed by atoms with van der Waals surface area (Å²) in [5.74, 6) is -2.94. The highest BCUT2D eigenvalue weighted by Crippen LogP contribution is 2.27. The summed E-state index contributed by atoms with van der Waals surface area (Å²) in [4.78, 5) is 76.3. The third-order valence-corrected chi connectivity index (χ3v) is 6.95. The zero-order valence-electron chi connectivity index (χ0n) is 22.6. The number of carbonyl (C=O) groups is 6. The molecule has 12 heteroatoms. The molecule has 1 heterocycles. The van der Waals surface area contributed by atoms with Crippen LogP contribution in [0.15, 0.2) is 0 Å². The van der Waals surface area contributed by atoms with Crippen molar-refractivity contribution >= 4 is 35.5 Å². The Labute approximate surface area is 223 Å². The number of alkyl carbamates (subject to hydrolysis) is 1. The number of nitrogens with one attached hydrogen (secondary N) is 4. The van der Waals surface area contributed by atoms with Crippen LogP contribution in [0.3, 0.4) is 0 Å². The van der Waals surface area contributed by atoms with E-state index in [9.17, 15) is 28.8 Å². The van der Waals surface area contributed by atoms with Crippen LogP contribution in [0, 0.1) is 5.92 Å². The number of hydrogen-bond acceptors (Lipinski definition) is 7. The van der Waals surface area contributed by atoms with Gasteiger partial charge in [0.25, 0.3) is 5.91 Å². The number of rotatable bonds is 10. The Balaban J connectivity index is 1.51. The lowest BCUT2D eigenvalue weighted by atomic mass is 9.83. The minimum absolute atomic E-state index is 0.0392. The molecule has 5 amide bonds. The van der Waals surface area contributed by atoms with Crippen molar-refractivity contribution in [1.29, 1.82) is 0 Å². The van der Waals surface area contributed by atoms with Gasteiger partial charge in [-0.1, -0.05) is 19.3 Å². The molecule has 0 bridgehead atoms. The molecular weight excluding hydrogens is 494 g/mol. The Bertz CT molecular complexity index is 921. The van der Waals surface area contributed by atoms with E-state index >= 15 is 0 Å². The van der Waals surface area contributed by atoms with E-state index in [1.165, 1.54) is 4.90 Å². The van der Waals surface area contributed by atoms with E-state index in [-0.39, 0.29) is 18.5 Å². The maximum atomic E-state index is 13.1. The van der Waals surface area contributed by atoms with E-state index in [0.717, 1.165) is 44.9 Å². The first kappa shape index (κ1) is 29.4. The van der Waals surface area contributed by atoms with E-state index in [1.807, 2.05) is 0 Å². The van der Waals surface area contributed by atoms with Gasteiger partial charge in [0, 0.05) is 12.6 Å². The molecule has 2 aliphatic carbocycles. The summed E-state index contributed by atoms with van der Waals surface area (Å²) >= 11 is 0. The predicted octanol–water partition coefficient (Wildman–Crippen LogP) is 0.531. The lowest BCUT2D eigenvalue weighted by Gasteiger charge is -2.31. The van der Waals surface area contributed by atoms with Crippen molar-refractivity contribution in [3.05, 3.63) is 0 Å². The highest BCUT2D eigenvalue weighted by atomic mass is 16.6. The largest absolute Gasteiger partial charge is 0.444 e. The van der Waals surface area contributed by atoms with Gasteiger partial charge in [-0.25, -0.2) is 4.79 Å². The number of nitrogens with zero attached hydrogens (tertiary/aromatic N) is 1. The lowest BCUT2D eigenvalue weighted by Crippen LogP contribution is -2.55. The summed E-state index contributed by atoms with van der Waals surface area (Å²) in [7, 11) is 0. The molecule has 0 radical (unpaired) electrons. The number of hydrogen-bond donors (Lipinski definition) is 4. The van der Waals surface area contributed by atoms with Gasteiger partial charge in [-0.05, 0) is 65.2 Å². The van der Waals surface area contributed by atoms with Crippen molar-refractivity contribution in [2.75, 3.05) is 19.6 Å². The summed E-state index contributed by atoms with van der Waals surface area (Å²) in [5, 5.41) is 10.4. The molecule has 3 rings (SSSR count). The number of carbonyl (C=O) groups excluding carboxylic acids is 6.